The zero-order chi connectivity index (χ0) is 10.8. The minimum Gasteiger partial charge on any atom is -0.333 e. The average molecular weight is 205 g/mol. The summed E-state index contributed by atoms with van der Waals surface area (Å²) in [5.74, 6) is -0.253. The maximum absolute atomic E-state index is 13.1. The summed E-state index contributed by atoms with van der Waals surface area (Å²) in [7, 11) is 1.87. The van der Waals surface area contributed by atoms with E-state index in [0.717, 1.165) is 17.0 Å². The molecule has 1 aromatic heterocycles. The van der Waals surface area contributed by atoms with Crippen LogP contribution in [0.3, 0.4) is 0 Å². The molecule has 0 amide bonds. The van der Waals surface area contributed by atoms with E-state index in [4.69, 9.17) is 5.73 Å². The molecule has 4 heteroatoms. The van der Waals surface area contributed by atoms with Crippen molar-refractivity contribution < 1.29 is 4.39 Å². The summed E-state index contributed by atoms with van der Waals surface area (Å²) in [6.07, 6.45) is 1.68. The van der Waals surface area contributed by atoms with Gasteiger partial charge in [-0.1, -0.05) is 12.1 Å². The highest BCUT2D eigenvalue weighted by molar-refractivity contribution is 5.62. The quantitative estimate of drug-likeness (QED) is 0.810. The van der Waals surface area contributed by atoms with Gasteiger partial charge in [-0.05, 0) is 12.1 Å². The van der Waals surface area contributed by atoms with Crippen LogP contribution in [0.4, 0.5) is 4.39 Å². The Hall–Kier alpha value is -1.68. The molecule has 0 atom stereocenters. The molecular formula is C11H12FN3. The molecule has 78 valence electrons. The molecule has 2 N–H and O–H groups in total. The molecular weight excluding hydrogens is 193 g/mol. The molecule has 2 aromatic rings. The third kappa shape index (κ3) is 1.76. The van der Waals surface area contributed by atoms with Gasteiger partial charge in [0.05, 0.1) is 17.7 Å². The minimum atomic E-state index is -0.253. The Morgan fingerprint density at radius 2 is 2.27 bits per heavy atom. The Balaban J connectivity index is 2.57. The van der Waals surface area contributed by atoms with E-state index in [9.17, 15) is 4.39 Å². The molecule has 15 heavy (non-hydrogen) atoms. The Labute approximate surface area is 87.4 Å². The topological polar surface area (TPSA) is 43.8 Å². The molecule has 2 rings (SSSR count). The highest BCUT2D eigenvalue weighted by atomic mass is 19.1. The molecule has 1 aromatic carbocycles. The van der Waals surface area contributed by atoms with Crippen LogP contribution in [0.15, 0.2) is 30.6 Å². The van der Waals surface area contributed by atoms with Crippen molar-refractivity contribution in [2.75, 3.05) is 0 Å². The van der Waals surface area contributed by atoms with Crippen LogP contribution < -0.4 is 5.73 Å². The van der Waals surface area contributed by atoms with Crippen molar-refractivity contribution in [3.05, 3.63) is 42.1 Å². The summed E-state index contributed by atoms with van der Waals surface area (Å²) >= 11 is 0. The number of benzene rings is 1. The van der Waals surface area contributed by atoms with Crippen molar-refractivity contribution in [1.82, 2.24) is 9.55 Å². The molecule has 0 saturated carbocycles. The van der Waals surface area contributed by atoms with Gasteiger partial charge in [-0.2, -0.15) is 0 Å². The second kappa shape index (κ2) is 3.82. The average Bonchev–Trinajstić information content (AvgIpc) is 2.59. The maximum atomic E-state index is 13.1. The van der Waals surface area contributed by atoms with Crippen molar-refractivity contribution in [1.29, 1.82) is 0 Å². The van der Waals surface area contributed by atoms with Crippen LogP contribution in [0.1, 0.15) is 5.69 Å². The summed E-state index contributed by atoms with van der Waals surface area (Å²) in [5.41, 5.74) is 8.02. The van der Waals surface area contributed by atoms with Crippen LogP contribution in [0.25, 0.3) is 11.3 Å². The lowest BCUT2D eigenvalue weighted by atomic mass is 10.1. The van der Waals surface area contributed by atoms with Crippen LogP contribution in [-0.2, 0) is 13.6 Å². The van der Waals surface area contributed by atoms with E-state index >= 15 is 0 Å². The van der Waals surface area contributed by atoms with Crippen LogP contribution in [-0.4, -0.2) is 9.55 Å². The van der Waals surface area contributed by atoms with Gasteiger partial charge in [0.2, 0.25) is 0 Å². The van der Waals surface area contributed by atoms with Crippen LogP contribution in [0, 0.1) is 5.82 Å². The highest BCUT2D eigenvalue weighted by Crippen LogP contribution is 2.22. The second-order valence-corrected chi connectivity index (χ2v) is 3.37. The van der Waals surface area contributed by atoms with Crippen molar-refractivity contribution in [3.63, 3.8) is 0 Å². The van der Waals surface area contributed by atoms with Gasteiger partial charge >= 0.3 is 0 Å². The number of halogens is 1. The summed E-state index contributed by atoms with van der Waals surface area (Å²) < 4.78 is 14.9. The first kappa shape index (κ1) is 9.86. The van der Waals surface area contributed by atoms with Gasteiger partial charge < -0.3 is 10.3 Å². The smallest absolute Gasteiger partial charge is 0.123 e. The molecule has 0 radical (unpaired) electrons. The van der Waals surface area contributed by atoms with E-state index in [2.05, 4.69) is 4.98 Å². The van der Waals surface area contributed by atoms with E-state index in [-0.39, 0.29) is 5.82 Å². The lowest BCUT2D eigenvalue weighted by molar-refractivity contribution is 0.628. The van der Waals surface area contributed by atoms with E-state index in [1.54, 1.807) is 12.4 Å². The molecule has 0 aliphatic carbocycles. The SMILES string of the molecule is Cn1cnc(CN)c1-c1cccc(F)c1. The molecule has 3 nitrogen and oxygen atoms in total. The number of nitrogens with two attached hydrogens (primary N) is 1. The molecule has 0 unspecified atom stereocenters. The van der Waals surface area contributed by atoms with Crippen molar-refractivity contribution in [3.8, 4) is 11.3 Å². The summed E-state index contributed by atoms with van der Waals surface area (Å²) in [6, 6.07) is 6.43. The zero-order valence-electron chi connectivity index (χ0n) is 8.44. The van der Waals surface area contributed by atoms with E-state index in [1.807, 2.05) is 17.7 Å². The lowest BCUT2D eigenvalue weighted by Gasteiger charge is -2.05. The van der Waals surface area contributed by atoms with Crippen LogP contribution in [0.5, 0.6) is 0 Å². The van der Waals surface area contributed by atoms with Crippen molar-refractivity contribution in [2.45, 2.75) is 6.54 Å². The van der Waals surface area contributed by atoms with Gasteiger partial charge in [0.25, 0.3) is 0 Å². The van der Waals surface area contributed by atoms with Gasteiger partial charge in [0, 0.05) is 19.2 Å². The third-order valence-corrected chi connectivity index (χ3v) is 2.30. The van der Waals surface area contributed by atoms with Crippen molar-refractivity contribution >= 4 is 0 Å². The first-order chi connectivity index (χ1) is 7.22. The van der Waals surface area contributed by atoms with Gasteiger partial charge in [0.1, 0.15) is 5.82 Å². The first-order valence-corrected chi connectivity index (χ1v) is 4.68. The number of nitrogens with zero attached hydrogens (tertiary/aromatic N) is 2. The summed E-state index contributed by atoms with van der Waals surface area (Å²) in [5, 5.41) is 0. The maximum Gasteiger partial charge on any atom is 0.123 e. The number of hydrogen-bond acceptors (Lipinski definition) is 2. The fourth-order valence-electron chi connectivity index (χ4n) is 1.63. The largest absolute Gasteiger partial charge is 0.333 e. The first-order valence-electron chi connectivity index (χ1n) is 4.68. The van der Waals surface area contributed by atoms with Crippen molar-refractivity contribution in [2.24, 2.45) is 12.8 Å². The Kier molecular flexibility index (Phi) is 2.51. The van der Waals surface area contributed by atoms with E-state index < -0.39 is 0 Å². The number of hydrogen-bond donors (Lipinski definition) is 1. The Bertz CT molecular complexity index is 476. The second-order valence-electron chi connectivity index (χ2n) is 3.37. The van der Waals surface area contributed by atoms with Crippen LogP contribution in [0.2, 0.25) is 0 Å². The number of rotatable bonds is 2. The molecule has 0 bridgehead atoms. The fourth-order valence-corrected chi connectivity index (χ4v) is 1.63. The van der Waals surface area contributed by atoms with E-state index in [0.29, 0.717) is 6.54 Å². The molecule has 0 aliphatic rings. The number of imidazole rings is 1. The van der Waals surface area contributed by atoms with Crippen LogP contribution >= 0.6 is 0 Å². The van der Waals surface area contributed by atoms with Gasteiger partial charge in [-0.25, -0.2) is 9.37 Å². The molecule has 0 aliphatic heterocycles. The Morgan fingerprint density at radius 1 is 1.47 bits per heavy atom. The number of aryl methyl sites for hydroxylation is 1. The number of aromatic nitrogens is 2. The predicted molar refractivity (Wildman–Crippen MR) is 56.5 cm³/mol. The van der Waals surface area contributed by atoms with Gasteiger partial charge in [-0.3, -0.25) is 0 Å². The highest BCUT2D eigenvalue weighted by Gasteiger charge is 2.09. The molecule has 1 heterocycles. The fraction of sp³-hybridized carbons (Fsp3) is 0.182. The standard InChI is InChI=1S/C11H12FN3/c1-15-7-14-10(6-13)11(15)8-3-2-4-9(12)5-8/h2-5,7H,6,13H2,1H3. The lowest BCUT2D eigenvalue weighted by Crippen LogP contribution is -2.00. The molecule has 0 spiro atoms. The monoisotopic (exact) mass is 205 g/mol. The predicted octanol–water partition coefficient (Wildman–Crippen LogP) is 1.68. The van der Waals surface area contributed by atoms with E-state index in [1.165, 1.54) is 12.1 Å². The minimum absolute atomic E-state index is 0.253. The zero-order valence-corrected chi connectivity index (χ0v) is 8.44. The normalized spacial score (nSPS) is 10.6. The summed E-state index contributed by atoms with van der Waals surface area (Å²) in [6.45, 7) is 0.354. The molecule has 0 fully saturated rings. The van der Waals surface area contributed by atoms with Gasteiger partial charge in [-0.15, -0.1) is 0 Å². The third-order valence-electron chi connectivity index (χ3n) is 2.30. The molecule has 0 saturated heterocycles. The Morgan fingerprint density at radius 3 is 2.93 bits per heavy atom. The van der Waals surface area contributed by atoms with Gasteiger partial charge in [0.15, 0.2) is 0 Å². The summed E-state index contributed by atoms with van der Waals surface area (Å²) in [4.78, 5) is 4.16.